The minimum atomic E-state index is -3.52. The Morgan fingerprint density at radius 1 is 1.20 bits per heavy atom. The lowest BCUT2D eigenvalue weighted by Crippen LogP contribution is -2.36. The van der Waals surface area contributed by atoms with Crippen molar-refractivity contribution in [2.45, 2.75) is 37.5 Å². The molecule has 2 heterocycles. The second-order valence-corrected chi connectivity index (χ2v) is 8.99. The van der Waals surface area contributed by atoms with Gasteiger partial charge in [-0.1, -0.05) is 12.5 Å². The number of piperidine rings is 1. The molecule has 1 amide bonds. The number of thiophene rings is 1. The van der Waals surface area contributed by atoms with Crippen molar-refractivity contribution in [3.63, 3.8) is 0 Å². The summed E-state index contributed by atoms with van der Waals surface area (Å²) in [6.07, 6.45) is 3.15. The SMILES string of the molecule is Cc1ccc(NC(=O)Cc2ccsc2)cc1S(=O)(=O)N1CCCCC1. The number of anilines is 1. The molecule has 0 bridgehead atoms. The van der Waals surface area contributed by atoms with Gasteiger partial charge in [0.1, 0.15) is 0 Å². The van der Waals surface area contributed by atoms with Gasteiger partial charge in [-0.3, -0.25) is 4.79 Å². The monoisotopic (exact) mass is 378 g/mol. The van der Waals surface area contributed by atoms with Crippen molar-refractivity contribution < 1.29 is 13.2 Å². The summed E-state index contributed by atoms with van der Waals surface area (Å²) in [4.78, 5) is 12.4. The molecule has 1 saturated heterocycles. The van der Waals surface area contributed by atoms with E-state index in [1.54, 1.807) is 40.8 Å². The number of rotatable bonds is 5. The highest BCUT2D eigenvalue weighted by Crippen LogP contribution is 2.26. The van der Waals surface area contributed by atoms with E-state index < -0.39 is 10.0 Å². The first-order valence-corrected chi connectivity index (χ1v) is 10.8. The van der Waals surface area contributed by atoms with Gasteiger partial charge in [0.2, 0.25) is 15.9 Å². The smallest absolute Gasteiger partial charge is 0.243 e. The highest BCUT2D eigenvalue weighted by atomic mass is 32.2. The zero-order chi connectivity index (χ0) is 17.9. The molecule has 0 unspecified atom stereocenters. The molecule has 1 fully saturated rings. The van der Waals surface area contributed by atoms with Crippen LogP contribution in [0.15, 0.2) is 39.9 Å². The molecule has 0 saturated carbocycles. The third-order valence-corrected chi connectivity index (χ3v) is 7.12. The molecule has 3 rings (SSSR count). The molecule has 7 heteroatoms. The Morgan fingerprint density at radius 3 is 2.64 bits per heavy atom. The Morgan fingerprint density at radius 2 is 1.96 bits per heavy atom. The molecule has 0 atom stereocenters. The van der Waals surface area contributed by atoms with Crippen LogP contribution in [0.2, 0.25) is 0 Å². The first-order chi connectivity index (χ1) is 12.0. The number of amides is 1. The van der Waals surface area contributed by atoms with E-state index in [0.717, 1.165) is 24.8 Å². The highest BCUT2D eigenvalue weighted by Gasteiger charge is 2.27. The normalized spacial score (nSPS) is 15.9. The van der Waals surface area contributed by atoms with Gasteiger partial charge in [0.15, 0.2) is 0 Å². The number of nitrogens with one attached hydrogen (secondary N) is 1. The second kappa shape index (κ2) is 7.68. The summed E-state index contributed by atoms with van der Waals surface area (Å²) >= 11 is 1.55. The zero-order valence-electron chi connectivity index (χ0n) is 14.2. The van der Waals surface area contributed by atoms with Gasteiger partial charge in [-0.15, -0.1) is 0 Å². The number of sulfonamides is 1. The number of hydrogen-bond donors (Lipinski definition) is 1. The van der Waals surface area contributed by atoms with Crippen molar-refractivity contribution in [1.29, 1.82) is 0 Å². The maximum absolute atomic E-state index is 12.9. The van der Waals surface area contributed by atoms with E-state index in [9.17, 15) is 13.2 Å². The van der Waals surface area contributed by atoms with Gasteiger partial charge in [-0.2, -0.15) is 15.6 Å². The fourth-order valence-corrected chi connectivity index (χ4v) is 5.42. The Labute approximate surface area is 152 Å². The fraction of sp³-hybridized carbons (Fsp3) is 0.389. The summed E-state index contributed by atoms with van der Waals surface area (Å²) < 4.78 is 27.4. The van der Waals surface area contributed by atoms with Crippen molar-refractivity contribution in [2.75, 3.05) is 18.4 Å². The number of carbonyl (C=O) groups is 1. The lowest BCUT2D eigenvalue weighted by molar-refractivity contribution is -0.115. The number of aryl methyl sites for hydroxylation is 1. The zero-order valence-corrected chi connectivity index (χ0v) is 15.8. The molecule has 25 heavy (non-hydrogen) atoms. The minimum absolute atomic E-state index is 0.149. The van der Waals surface area contributed by atoms with E-state index in [0.29, 0.717) is 24.3 Å². The standard InChI is InChI=1S/C18H22N2O3S2/c1-14-5-6-16(19-18(21)11-15-7-10-24-13-15)12-17(14)25(22,23)20-8-3-2-4-9-20/h5-7,10,12-13H,2-4,8-9,11H2,1H3,(H,19,21). The van der Waals surface area contributed by atoms with Crippen molar-refractivity contribution >= 4 is 33.0 Å². The van der Waals surface area contributed by atoms with Gasteiger partial charge in [-0.05, 0) is 59.9 Å². The van der Waals surface area contributed by atoms with Gasteiger partial charge in [0.25, 0.3) is 0 Å². The van der Waals surface area contributed by atoms with Gasteiger partial charge in [-0.25, -0.2) is 8.42 Å². The average molecular weight is 379 g/mol. The van der Waals surface area contributed by atoms with Crippen LogP contribution in [0.4, 0.5) is 5.69 Å². The highest BCUT2D eigenvalue weighted by molar-refractivity contribution is 7.89. The third-order valence-electron chi connectivity index (χ3n) is 4.35. The number of nitrogens with zero attached hydrogens (tertiary/aromatic N) is 1. The van der Waals surface area contributed by atoms with E-state index in [-0.39, 0.29) is 17.2 Å². The first kappa shape index (κ1) is 18.1. The van der Waals surface area contributed by atoms with Crippen LogP contribution >= 0.6 is 11.3 Å². The van der Waals surface area contributed by atoms with Gasteiger partial charge >= 0.3 is 0 Å². The molecule has 2 aromatic rings. The molecule has 1 aliphatic rings. The Balaban J connectivity index is 1.79. The van der Waals surface area contributed by atoms with Gasteiger partial charge in [0.05, 0.1) is 11.3 Å². The summed E-state index contributed by atoms with van der Waals surface area (Å²) in [6.45, 7) is 2.92. The molecule has 0 spiro atoms. The van der Waals surface area contributed by atoms with Gasteiger partial charge < -0.3 is 5.32 Å². The topological polar surface area (TPSA) is 66.5 Å². The Hall–Kier alpha value is -1.70. The first-order valence-electron chi connectivity index (χ1n) is 8.38. The van der Waals surface area contributed by atoms with Crippen molar-refractivity contribution in [3.05, 3.63) is 46.2 Å². The van der Waals surface area contributed by atoms with E-state index in [1.165, 1.54) is 0 Å². The van der Waals surface area contributed by atoms with E-state index >= 15 is 0 Å². The molecule has 1 aromatic carbocycles. The quantitative estimate of drug-likeness (QED) is 0.867. The third kappa shape index (κ3) is 4.29. The molecule has 1 N–H and O–H groups in total. The van der Waals surface area contributed by atoms with E-state index in [2.05, 4.69) is 5.32 Å². The molecule has 134 valence electrons. The van der Waals surface area contributed by atoms with Crippen LogP contribution in [-0.4, -0.2) is 31.7 Å². The lowest BCUT2D eigenvalue weighted by Gasteiger charge is -2.26. The van der Waals surface area contributed by atoms with Crippen LogP contribution < -0.4 is 5.32 Å². The molecular formula is C18H22N2O3S2. The van der Waals surface area contributed by atoms with Crippen LogP contribution in [0.1, 0.15) is 30.4 Å². The number of carbonyl (C=O) groups excluding carboxylic acids is 1. The van der Waals surface area contributed by atoms with Crippen molar-refractivity contribution in [2.24, 2.45) is 0 Å². The largest absolute Gasteiger partial charge is 0.326 e. The molecule has 1 aliphatic heterocycles. The average Bonchev–Trinajstić information content (AvgIpc) is 3.10. The van der Waals surface area contributed by atoms with E-state index in [1.807, 2.05) is 16.8 Å². The fourth-order valence-electron chi connectivity index (χ4n) is 2.98. The summed E-state index contributed by atoms with van der Waals surface area (Å²) in [5.41, 5.74) is 2.17. The number of hydrogen-bond acceptors (Lipinski definition) is 4. The maximum Gasteiger partial charge on any atom is 0.243 e. The molecular weight excluding hydrogens is 356 g/mol. The Kier molecular flexibility index (Phi) is 5.56. The minimum Gasteiger partial charge on any atom is -0.326 e. The number of benzene rings is 1. The summed E-state index contributed by atoms with van der Waals surface area (Å²) in [5.74, 6) is -0.149. The van der Waals surface area contributed by atoms with Crippen molar-refractivity contribution in [1.82, 2.24) is 4.31 Å². The molecule has 1 aromatic heterocycles. The van der Waals surface area contributed by atoms with Crippen LogP contribution in [0.3, 0.4) is 0 Å². The maximum atomic E-state index is 12.9. The van der Waals surface area contributed by atoms with Crippen LogP contribution in [0.5, 0.6) is 0 Å². The van der Waals surface area contributed by atoms with Gasteiger partial charge in [0, 0.05) is 18.8 Å². The van der Waals surface area contributed by atoms with Crippen LogP contribution in [0.25, 0.3) is 0 Å². The predicted octanol–water partition coefficient (Wildman–Crippen LogP) is 3.41. The van der Waals surface area contributed by atoms with Crippen LogP contribution in [0, 0.1) is 6.92 Å². The molecule has 0 radical (unpaired) electrons. The molecule has 0 aliphatic carbocycles. The predicted molar refractivity (Wildman–Crippen MR) is 100 cm³/mol. The Bertz CT molecular complexity index is 839. The lowest BCUT2D eigenvalue weighted by atomic mass is 10.2. The summed E-state index contributed by atoms with van der Waals surface area (Å²) in [6, 6.07) is 6.98. The molecule has 5 nitrogen and oxygen atoms in total. The van der Waals surface area contributed by atoms with E-state index in [4.69, 9.17) is 0 Å². The summed E-state index contributed by atoms with van der Waals surface area (Å²) in [5, 5.41) is 6.67. The second-order valence-electron chi connectivity index (χ2n) is 6.30. The summed E-state index contributed by atoms with van der Waals surface area (Å²) in [7, 11) is -3.52. The van der Waals surface area contributed by atoms with Crippen LogP contribution in [-0.2, 0) is 21.2 Å². The van der Waals surface area contributed by atoms with Crippen molar-refractivity contribution in [3.8, 4) is 0 Å².